The van der Waals surface area contributed by atoms with Gasteiger partial charge in [0, 0.05) is 36.9 Å². The zero-order valence-corrected chi connectivity index (χ0v) is 11.8. The van der Waals surface area contributed by atoms with Gasteiger partial charge in [0.15, 0.2) is 5.75 Å². The highest BCUT2D eigenvalue weighted by molar-refractivity contribution is 5.67. The summed E-state index contributed by atoms with van der Waals surface area (Å²) in [4.78, 5) is 14.6. The number of ether oxygens (including phenoxy) is 1. The van der Waals surface area contributed by atoms with Crippen molar-refractivity contribution in [3.63, 3.8) is 0 Å². The number of amides is 1. The molecule has 2 fully saturated rings. The smallest absolute Gasteiger partial charge is 0.407 e. The quantitative estimate of drug-likeness (QED) is 0.836. The number of carboxylic acid groups (broad SMARTS) is 1. The van der Waals surface area contributed by atoms with E-state index in [9.17, 15) is 13.6 Å². The van der Waals surface area contributed by atoms with Gasteiger partial charge in [-0.3, -0.25) is 0 Å². The minimum absolute atomic E-state index is 0.0486. The summed E-state index contributed by atoms with van der Waals surface area (Å²) in [6.07, 6.45) is 0.837. The molecule has 8 heteroatoms. The van der Waals surface area contributed by atoms with Gasteiger partial charge in [-0.1, -0.05) is 0 Å². The average Bonchev–Trinajstić information content (AvgIpc) is 2.71. The summed E-state index contributed by atoms with van der Waals surface area (Å²) in [6, 6.07) is 4.91. The number of hydrogen-bond acceptors (Lipinski definition) is 4. The van der Waals surface area contributed by atoms with E-state index >= 15 is 0 Å². The number of carbonyl (C=O) groups is 1. The van der Waals surface area contributed by atoms with Gasteiger partial charge in [-0.25, -0.2) is 4.79 Å². The minimum atomic E-state index is -2.93. The van der Waals surface area contributed by atoms with Crippen molar-refractivity contribution in [1.29, 1.82) is 0 Å². The third-order valence-electron chi connectivity index (χ3n) is 4.26. The van der Waals surface area contributed by atoms with Gasteiger partial charge in [0.25, 0.3) is 0 Å². The fourth-order valence-corrected chi connectivity index (χ4v) is 3.36. The van der Waals surface area contributed by atoms with Crippen LogP contribution in [-0.4, -0.2) is 47.9 Å². The molecule has 3 N–H and O–H groups in total. The highest BCUT2D eigenvalue weighted by atomic mass is 19.3. The van der Waals surface area contributed by atoms with Gasteiger partial charge in [-0.05, 0) is 25.0 Å². The second-order valence-corrected chi connectivity index (χ2v) is 5.58. The van der Waals surface area contributed by atoms with Crippen LogP contribution in [0.2, 0.25) is 0 Å². The zero-order valence-electron chi connectivity index (χ0n) is 11.8. The first-order valence-corrected chi connectivity index (χ1v) is 7.06. The summed E-state index contributed by atoms with van der Waals surface area (Å²) in [6.45, 7) is -2.10. The van der Waals surface area contributed by atoms with Crippen LogP contribution in [0.4, 0.5) is 25.0 Å². The molecule has 1 amide bonds. The number of rotatable bonds is 3. The van der Waals surface area contributed by atoms with E-state index in [1.807, 2.05) is 0 Å². The largest absolute Gasteiger partial charge is 0.465 e. The van der Waals surface area contributed by atoms with E-state index in [2.05, 4.69) is 9.64 Å². The molecule has 120 valence electrons. The van der Waals surface area contributed by atoms with Crippen LogP contribution in [0.15, 0.2) is 18.2 Å². The van der Waals surface area contributed by atoms with Gasteiger partial charge >= 0.3 is 12.7 Å². The SMILES string of the molecule is Nc1ccc(N2[C@@H]3CC[C@H]2CN(C(=O)O)C3)cc1OC(F)F. The van der Waals surface area contributed by atoms with Gasteiger partial charge in [0.1, 0.15) is 0 Å². The molecule has 2 atom stereocenters. The fourth-order valence-electron chi connectivity index (χ4n) is 3.36. The lowest BCUT2D eigenvalue weighted by Gasteiger charge is -2.41. The number of nitrogens with zero attached hydrogens (tertiary/aromatic N) is 2. The number of alkyl halides is 2. The highest BCUT2D eigenvalue weighted by Crippen LogP contribution is 2.38. The van der Waals surface area contributed by atoms with Crippen molar-refractivity contribution in [2.45, 2.75) is 31.5 Å². The molecule has 0 radical (unpaired) electrons. The predicted octanol–water partition coefficient (Wildman–Crippen LogP) is 2.20. The Balaban J connectivity index is 1.85. The number of likely N-dealkylation sites (tertiary alicyclic amines) is 1. The van der Waals surface area contributed by atoms with Crippen molar-refractivity contribution in [3.05, 3.63) is 18.2 Å². The minimum Gasteiger partial charge on any atom is -0.465 e. The van der Waals surface area contributed by atoms with Crippen LogP contribution >= 0.6 is 0 Å². The molecule has 2 saturated heterocycles. The Morgan fingerprint density at radius 1 is 1.32 bits per heavy atom. The van der Waals surface area contributed by atoms with Crippen LogP contribution in [0.25, 0.3) is 0 Å². The van der Waals surface area contributed by atoms with E-state index in [-0.39, 0.29) is 23.5 Å². The number of benzene rings is 1. The number of nitrogens with two attached hydrogens (primary N) is 1. The normalized spacial score (nSPS) is 24.0. The molecule has 2 bridgehead atoms. The number of anilines is 2. The molecule has 1 aromatic carbocycles. The maximum Gasteiger partial charge on any atom is 0.407 e. The van der Waals surface area contributed by atoms with E-state index in [4.69, 9.17) is 10.8 Å². The Hall–Kier alpha value is -2.25. The third kappa shape index (κ3) is 2.60. The summed E-state index contributed by atoms with van der Waals surface area (Å²) >= 11 is 0. The first-order valence-electron chi connectivity index (χ1n) is 7.06. The first kappa shape index (κ1) is 14.7. The molecule has 2 heterocycles. The van der Waals surface area contributed by atoms with E-state index in [1.54, 1.807) is 6.07 Å². The fraction of sp³-hybridized carbons (Fsp3) is 0.500. The van der Waals surface area contributed by atoms with Gasteiger partial charge in [0.05, 0.1) is 5.69 Å². The van der Waals surface area contributed by atoms with E-state index in [0.29, 0.717) is 13.1 Å². The number of piperazine rings is 1. The van der Waals surface area contributed by atoms with Crippen LogP contribution < -0.4 is 15.4 Å². The zero-order chi connectivity index (χ0) is 15.9. The Morgan fingerprint density at radius 3 is 2.50 bits per heavy atom. The lowest BCUT2D eigenvalue weighted by Crippen LogP contribution is -2.55. The molecule has 0 saturated carbocycles. The Labute approximate surface area is 126 Å². The average molecular weight is 313 g/mol. The third-order valence-corrected chi connectivity index (χ3v) is 4.26. The summed E-state index contributed by atoms with van der Waals surface area (Å²) in [5.74, 6) is -0.0486. The second-order valence-electron chi connectivity index (χ2n) is 5.58. The van der Waals surface area contributed by atoms with Crippen LogP contribution in [-0.2, 0) is 0 Å². The number of hydrogen-bond donors (Lipinski definition) is 2. The van der Waals surface area contributed by atoms with E-state index in [1.165, 1.54) is 17.0 Å². The molecule has 0 aromatic heterocycles. The molecule has 3 rings (SSSR count). The molecular formula is C14H17F2N3O3. The van der Waals surface area contributed by atoms with Crippen LogP contribution in [0, 0.1) is 0 Å². The Kier molecular flexibility index (Phi) is 3.67. The summed E-state index contributed by atoms with van der Waals surface area (Å²) in [7, 11) is 0. The second kappa shape index (κ2) is 5.51. The van der Waals surface area contributed by atoms with Crippen molar-refractivity contribution in [2.75, 3.05) is 23.7 Å². The van der Waals surface area contributed by atoms with Crippen molar-refractivity contribution >= 4 is 17.5 Å². The molecule has 1 aromatic rings. The molecule has 0 spiro atoms. The monoisotopic (exact) mass is 313 g/mol. The van der Waals surface area contributed by atoms with Gasteiger partial charge in [-0.2, -0.15) is 8.78 Å². The van der Waals surface area contributed by atoms with E-state index < -0.39 is 12.7 Å². The first-order chi connectivity index (χ1) is 10.5. The maximum absolute atomic E-state index is 12.4. The summed E-state index contributed by atoms with van der Waals surface area (Å²) in [5, 5.41) is 9.13. The molecule has 2 aliphatic rings. The molecule has 6 nitrogen and oxygen atoms in total. The van der Waals surface area contributed by atoms with Crippen LogP contribution in [0.3, 0.4) is 0 Å². The van der Waals surface area contributed by atoms with Crippen LogP contribution in [0.5, 0.6) is 5.75 Å². The van der Waals surface area contributed by atoms with Gasteiger partial charge < -0.3 is 25.4 Å². The van der Waals surface area contributed by atoms with Gasteiger partial charge in [0.2, 0.25) is 0 Å². The lowest BCUT2D eigenvalue weighted by molar-refractivity contribution is -0.0493. The van der Waals surface area contributed by atoms with Crippen molar-refractivity contribution < 1.29 is 23.4 Å². The Bertz CT molecular complexity index is 570. The van der Waals surface area contributed by atoms with Gasteiger partial charge in [-0.15, -0.1) is 0 Å². The number of nitrogen functional groups attached to an aromatic ring is 1. The van der Waals surface area contributed by atoms with Crippen molar-refractivity contribution in [1.82, 2.24) is 4.90 Å². The topological polar surface area (TPSA) is 79.0 Å². The van der Waals surface area contributed by atoms with E-state index in [0.717, 1.165) is 18.5 Å². The van der Waals surface area contributed by atoms with Crippen LogP contribution in [0.1, 0.15) is 12.8 Å². The highest BCUT2D eigenvalue weighted by Gasteiger charge is 2.41. The lowest BCUT2D eigenvalue weighted by atomic mass is 10.1. The van der Waals surface area contributed by atoms with Crippen molar-refractivity contribution in [3.8, 4) is 5.75 Å². The molecule has 0 unspecified atom stereocenters. The number of halogens is 2. The molecular weight excluding hydrogens is 296 g/mol. The standard InChI is InChI=1S/C14H17F2N3O3/c15-13(16)22-12-5-8(3-4-11(12)17)19-9-1-2-10(19)7-18(6-9)14(20)21/h3-5,9-10,13H,1-2,6-7,17H2,(H,20,21)/t9-,10+. The maximum atomic E-state index is 12.4. The predicted molar refractivity (Wildman–Crippen MR) is 76.4 cm³/mol. The summed E-state index contributed by atoms with van der Waals surface area (Å²) in [5.41, 5.74) is 6.54. The molecule has 22 heavy (non-hydrogen) atoms. The Morgan fingerprint density at radius 2 is 1.95 bits per heavy atom. The molecule has 0 aliphatic carbocycles. The summed E-state index contributed by atoms with van der Waals surface area (Å²) < 4.78 is 29.3. The molecule has 2 aliphatic heterocycles. The number of fused-ring (bicyclic) bond motifs is 2. The van der Waals surface area contributed by atoms with Crippen molar-refractivity contribution in [2.24, 2.45) is 0 Å².